The second-order valence-electron chi connectivity index (χ2n) is 6.05. The quantitative estimate of drug-likeness (QED) is 0.804. The fraction of sp³-hybridized carbons (Fsp3) is 0.562. The topological polar surface area (TPSA) is 29.1 Å². The summed E-state index contributed by atoms with van der Waals surface area (Å²) in [7, 11) is 0. The number of rotatable bonds is 2. The van der Waals surface area contributed by atoms with Crippen molar-refractivity contribution in [1.29, 1.82) is 0 Å². The first kappa shape index (κ1) is 13.9. The van der Waals surface area contributed by atoms with Gasteiger partial charge in [-0.3, -0.25) is 4.79 Å². The summed E-state index contributed by atoms with van der Waals surface area (Å²) in [6.07, 6.45) is 4.56. The number of benzene rings is 1. The molecule has 1 N–H and O–H groups in total. The van der Waals surface area contributed by atoms with Crippen LogP contribution in [0.2, 0.25) is 0 Å². The van der Waals surface area contributed by atoms with E-state index in [4.69, 9.17) is 11.6 Å². The molecule has 0 spiro atoms. The lowest BCUT2D eigenvalue weighted by molar-refractivity contribution is -0.116. The molecular formula is C16H19ClFNO. The highest BCUT2D eigenvalue weighted by atomic mass is 35.5. The average molecular weight is 296 g/mol. The number of carbonyl (C=O) groups is 1. The number of nitrogens with one attached hydrogen (secondary N) is 1. The molecule has 1 aliphatic heterocycles. The van der Waals surface area contributed by atoms with Crippen molar-refractivity contribution in [3.8, 4) is 0 Å². The summed E-state index contributed by atoms with van der Waals surface area (Å²) < 4.78 is 14.3. The largest absolute Gasteiger partial charge is 0.326 e. The van der Waals surface area contributed by atoms with Crippen molar-refractivity contribution in [3.63, 3.8) is 0 Å². The Hall–Kier alpha value is -1.09. The van der Waals surface area contributed by atoms with Gasteiger partial charge in [-0.05, 0) is 42.4 Å². The molecule has 108 valence electrons. The molecule has 1 amide bonds. The van der Waals surface area contributed by atoms with Crippen LogP contribution in [0.25, 0.3) is 0 Å². The van der Waals surface area contributed by atoms with Crippen LogP contribution in [-0.4, -0.2) is 5.91 Å². The summed E-state index contributed by atoms with van der Waals surface area (Å²) in [6.45, 7) is 2.20. The van der Waals surface area contributed by atoms with Crippen molar-refractivity contribution in [2.24, 2.45) is 11.8 Å². The minimum Gasteiger partial charge on any atom is -0.326 e. The number of fused-ring (bicyclic) bond motifs is 1. The van der Waals surface area contributed by atoms with Crippen LogP contribution in [0.3, 0.4) is 0 Å². The van der Waals surface area contributed by atoms with Gasteiger partial charge in [-0.2, -0.15) is 0 Å². The van der Waals surface area contributed by atoms with Gasteiger partial charge in [-0.1, -0.05) is 19.8 Å². The van der Waals surface area contributed by atoms with Gasteiger partial charge < -0.3 is 5.32 Å². The lowest BCUT2D eigenvalue weighted by Gasteiger charge is -2.24. The zero-order chi connectivity index (χ0) is 14.3. The third-order valence-corrected chi connectivity index (χ3v) is 5.28. The van der Waals surface area contributed by atoms with Crippen molar-refractivity contribution in [1.82, 2.24) is 0 Å². The van der Waals surface area contributed by atoms with Gasteiger partial charge >= 0.3 is 0 Å². The Morgan fingerprint density at radius 1 is 1.35 bits per heavy atom. The maximum atomic E-state index is 14.3. The van der Waals surface area contributed by atoms with Crippen LogP contribution >= 0.6 is 11.6 Å². The molecule has 1 aliphatic carbocycles. The van der Waals surface area contributed by atoms with Crippen LogP contribution in [0.4, 0.5) is 10.1 Å². The Balaban J connectivity index is 1.92. The summed E-state index contributed by atoms with van der Waals surface area (Å²) in [6, 6.07) is 3.28. The first-order valence-electron chi connectivity index (χ1n) is 7.32. The second-order valence-corrected chi connectivity index (χ2v) is 6.52. The Labute approximate surface area is 123 Å². The zero-order valence-corrected chi connectivity index (χ0v) is 12.3. The first-order valence-corrected chi connectivity index (χ1v) is 7.76. The van der Waals surface area contributed by atoms with Crippen molar-refractivity contribution in [2.45, 2.75) is 44.4 Å². The molecule has 4 heteroatoms. The second kappa shape index (κ2) is 5.36. The molecule has 2 nitrogen and oxygen atoms in total. The smallest absolute Gasteiger partial charge is 0.224 e. The predicted molar refractivity (Wildman–Crippen MR) is 78.4 cm³/mol. The summed E-state index contributed by atoms with van der Waals surface area (Å²) >= 11 is 6.56. The van der Waals surface area contributed by atoms with Gasteiger partial charge in [0.25, 0.3) is 0 Å². The highest BCUT2D eigenvalue weighted by molar-refractivity contribution is 6.21. The number of aryl methyl sites for hydroxylation is 1. The normalized spacial score (nSPS) is 27.1. The number of hydrogen-bond donors (Lipinski definition) is 1. The number of halogens is 2. The molecule has 0 saturated heterocycles. The van der Waals surface area contributed by atoms with Gasteiger partial charge in [-0.15, -0.1) is 11.6 Å². The van der Waals surface area contributed by atoms with E-state index in [1.165, 1.54) is 18.9 Å². The maximum Gasteiger partial charge on any atom is 0.224 e. The standard InChI is InChI=1S/C16H19ClFNO/c1-9-3-2-4-11(9)16(17)12-7-10-5-6-15(20)19-14(10)8-13(12)18/h7-9,11,16H,2-6H2,1H3,(H,19,20). The van der Waals surface area contributed by atoms with Gasteiger partial charge in [0.15, 0.2) is 0 Å². The lowest BCUT2D eigenvalue weighted by Crippen LogP contribution is -2.20. The van der Waals surface area contributed by atoms with Crippen molar-refractivity contribution < 1.29 is 9.18 Å². The molecule has 0 radical (unpaired) electrons. The van der Waals surface area contributed by atoms with E-state index >= 15 is 0 Å². The van der Waals surface area contributed by atoms with Crippen molar-refractivity contribution >= 4 is 23.2 Å². The van der Waals surface area contributed by atoms with Crippen LogP contribution < -0.4 is 5.32 Å². The van der Waals surface area contributed by atoms with E-state index in [-0.39, 0.29) is 17.1 Å². The molecule has 3 unspecified atom stereocenters. The lowest BCUT2D eigenvalue weighted by atomic mass is 9.88. The van der Waals surface area contributed by atoms with E-state index in [0.29, 0.717) is 35.9 Å². The summed E-state index contributed by atoms with van der Waals surface area (Å²) in [4.78, 5) is 11.3. The number of alkyl halides is 1. The fourth-order valence-electron chi connectivity index (χ4n) is 3.47. The molecule has 1 aromatic carbocycles. The van der Waals surface area contributed by atoms with Crippen LogP contribution in [0, 0.1) is 17.7 Å². The number of carbonyl (C=O) groups excluding carboxylic acids is 1. The molecule has 1 saturated carbocycles. The van der Waals surface area contributed by atoms with Gasteiger partial charge in [0.05, 0.1) is 5.38 Å². The molecule has 1 heterocycles. The zero-order valence-electron chi connectivity index (χ0n) is 11.6. The number of amides is 1. The summed E-state index contributed by atoms with van der Waals surface area (Å²) in [5.74, 6) is 0.552. The molecule has 20 heavy (non-hydrogen) atoms. The van der Waals surface area contributed by atoms with E-state index in [1.54, 1.807) is 0 Å². The fourth-order valence-corrected chi connectivity index (χ4v) is 4.01. The van der Waals surface area contributed by atoms with E-state index in [1.807, 2.05) is 6.07 Å². The number of hydrogen-bond acceptors (Lipinski definition) is 1. The maximum absolute atomic E-state index is 14.3. The molecular weight excluding hydrogens is 277 g/mol. The van der Waals surface area contributed by atoms with Gasteiger partial charge in [0.1, 0.15) is 5.82 Å². The predicted octanol–water partition coefficient (Wildman–Crippen LogP) is 4.43. The van der Waals surface area contributed by atoms with Gasteiger partial charge in [-0.25, -0.2) is 4.39 Å². The van der Waals surface area contributed by atoms with Gasteiger partial charge in [0.2, 0.25) is 5.91 Å². The van der Waals surface area contributed by atoms with Crippen molar-refractivity contribution in [2.75, 3.05) is 5.32 Å². The molecule has 3 atom stereocenters. The Bertz CT molecular complexity index is 546. The molecule has 2 aliphatic rings. The average Bonchev–Trinajstić information content (AvgIpc) is 2.83. The molecule has 0 aromatic heterocycles. The van der Waals surface area contributed by atoms with E-state index < -0.39 is 0 Å². The highest BCUT2D eigenvalue weighted by Gasteiger charge is 2.32. The molecule has 1 fully saturated rings. The third-order valence-electron chi connectivity index (χ3n) is 4.72. The van der Waals surface area contributed by atoms with E-state index in [2.05, 4.69) is 12.2 Å². The summed E-state index contributed by atoms with van der Waals surface area (Å²) in [5.41, 5.74) is 2.20. The Kier molecular flexibility index (Phi) is 3.72. The SMILES string of the molecule is CC1CCCC1C(Cl)c1cc2c(cc1F)NC(=O)CC2. The minimum absolute atomic E-state index is 0.0449. The molecule has 3 rings (SSSR count). The summed E-state index contributed by atoms with van der Waals surface area (Å²) in [5, 5.41) is 2.46. The molecule has 1 aromatic rings. The number of anilines is 1. The first-order chi connectivity index (χ1) is 9.56. The Morgan fingerprint density at radius 3 is 2.85 bits per heavy atom. The van der Waals surface area contributed by atoms with E-state index in [9.17, 15) is 9.18 Å². The molecule has 0 bridgehead atoms. The minimum atomic E-state index is -0.301. The van der Waals surface area contributed by atoms with Crippen LogP contribution in [0.15, 0.2) is 12.1 Å². The van der Waals surface area contributed by atoms with Crippen LogP contribution in [-0.2, 0) is 11.2 Å². The van der Waals surface area contributed by atoms with Gasteiger partial charge in [0, 0.05) is 17.7 Å². The third kappa shape index (κ3) is 2.44. The highest BCUT2D eigenvalue weighted by Crippen LogP contribution is 2.45. The van der Waals surface area contributed by atoms with Crippen LogP contribution in [0.5, 0.6) is 0 Å². The van der Waals surface area contributed by atoms with Crippen LogP contribution in [0.1, 0.15) is 49.1 Å². The van der Waals surface area contributed by atoms with Crippen molar-refractivity contribution in [3.05, 3.63) is 29.1 Å². The van der Waals surface area contributed by atoms with E-state index in [0.717, 1.165) is 12.0 Å². The monoisotopic (exact) mass is 295 g/mol. The Morgan fingerprint density at radius 2 is 2.15 bits per heavy atom.